The Kier molecular flexibility index (Phi) is 4.68. The molecule has 1 aromatic heterocycles. The highest BCUT2D eigenvalue weighted by molar-refractivity contribution is 5.92. The molecular formula is C13H21N5O. The van der Waals surface area contributed by atoms with E-state index >= 15 is 0 Å². The van der Waals surface area contributed by atoms with Crippen molar-refractivity contribution in [3.8, 4) is 0 Å². The Morgan fingerprint density at radius 3 is 2.68 bits per heavy atom. The van der Waals surface area contributed by atoms with E-state index in [2.05, 4.69) is 27.1 Å². The van der Waals surface area contributed by atoms with Crippen LogP contribution in [0.15, 0.2) is 12.4 Å². The molecule has 2 rings (SSSR count). The molecule has 19 heavy (non-hydrogen) atoms. The van der Waals surface area contributed by atoms with Gasteiger partial charge in [0.25, 0.3) is 5.91 Å². The molecule has 0 unspecified atom stereocenters. The van der Waals surface area contributed by atoms with Gasteiger partial charge >= 0.3 is 0 Å². The largest absolute Gasteiger partial charge is 0.372 e. The van der Waals surface area contributed by atoms with Gasteiger partial charge in [0, 0.05) is 33.2 Å². The molecule has 1 fully saturated rings. The summed E-state index contributed by atoms with van der Waals surface area (Å²) in [5.74, 6) is 0.594. The van der Waals surface area contributed by atoms with Gasteiger partial charge in [0.05, 0.1) is 12.4 Å². The Morgan fingerprint density at radius 2 is 2.05 bits per heavy atom. The van der Waals surface area contributed by atoms with E-state index in [0.717, 1.165) is 39.1 Å². The highest BCUT2D eigenvalue weighted by Gasteiger charge is 2.22. The van der Waals surface area contributed by atoms with Crippen LogP contribution in [0.1, 0.15) is 23.8 Å². The first-order chi connectivity index (χ1) is 9.24. The van der Waals surface area contributed by atoms with E-state index in [1.807, 2.05) is 4.90 Å². The molecule has 6 heteroatoms. The van der Waals surface area contributed by atoms with Gasteiger partial charge in [0.2, 0.25) is 0 Å². The van der Waals surface area contributed by atoms with E-state index < -0.39 is 0 Å². The van der Waals surface area contributed by atoms with Crippen molar-refractivity contribution in [2.24, 2.45) is 0 Å². The fourth-order valence-electron chi connectivity index (χ4n) is 2.24. The van der Waals surface area contributed by atoms with E-state index in [1.165, 1.54) is 6.20 Å². The summed E-state index contributed by atoms with van der Waals surface area (Å²) in [6, 6.07) is 0. The summed E-state index contributed by atoms with van der Waals surface area (Å²) in [5.41, 5.74) is 0.413. The van der Waals surface area contributed by atoms with E-state index in [-0.39, 0.29) is 5.91 Å². The Bertz CT molecular complexity index is 429. The molecule has 2 heterocycles. The lowest BCUT2D eigenvalue weighted by molar-refractivity contribution is 0.0631. The highest BCUT2D eigenvalue weighted by Crippen LogP contribution is 2.08. The third-order valence-electron chi connectivity index (χ3n) is 3.31. The number of rotatable bonds is 4. The van der Waals surface area contributed by atoms with Crippen LogP contribution in [-0.2, 0) is 0 Å². The molecule has 1 N–H and O–H groups in total. The minimum Gasteiger partial charge on any atom is -0.372 e. The number of hydrogen-bond donors (Lipinski definition) is 1. The number of carbonyl (C=O) groups is 1. The average Bonchev–Trinajstić information content (AvgIpc) is 2.48. The Balaban J connectivity index is 1.97. The molecule has 6 nitrogen and oxygen atoms in total. The van der Waals surface area contributed by atoms with Crippen LogP contribution >= 0.6 is 0 Å². The molecule has 1 aromatic rings. The topological polar surface area (TPSA) is 61.4 Å². The van der Waals surface area contributed by atoms with Gasteiger partial charge < -0.3 is 10.2 Å². The van der Waals surface area contributed by atoms with Crippen molar-refractivity contribution in [1.29, 1.82) is 0 Å². The zero-order valence-electron chi connectivity index (χ0n) is 11.6. The van der Waals surface area contributed by atoms with Gasteiger partial charge in [-0.25, -0.2) is 4.98 Å². The molecule has 0 aromatic carbocycles. The summed E-state index contributed by atoms with van der Waals surface area (Å²) in [5, 5.41) is 2.90. The molecule has 0 atom stereocenters. The molecule has 1 amide bonds. The third kappa shape index (κ3) is 3.41. The normalized spacial score (nSPS) is 16.4. The van der Waals surface area contributed by atoms with Crippen LogP contribution in [0.4, 0.5) is 5.82 Å². The number of hydrogen-bond acceptors (Lipinski definition) is 5. The van der Waals surface area contributed by atoms with E-state index in [4.69, 9.17) is 0 Å². The average molecular weight is 263 g/mol. The van der Waals surface area contributed by atoms with Gasteiger partial charge in [-0.2, -0.15) is 0 Å². The SMILES string of the molecule is CCCN1CCN(C(=O)c2cncc(NC)n2)CC1. The fourth-order valence-corrected chi connectivity index (χ4v) is 2.24. The highest BCUT2D eigenvalue weighted by atomic mass is 16.2. The second-order valence-corrected chi connectivity index (χ2v) is 4.67. The van der Waals surface area contributed by atoms with E-state index in [0.29, 0.717) is 11.5 Å². The van der Waals surface area contributed by atoms with Crippen molar-refractivity contribution in [2.75, 3.05) is 45.1 Å². The van der Waals surface area contributed by atoms with Gasteiger partial charge in [-0.3, -0.25) is 14.7 Å². The van der Waals surface area contributed by atoms with E-state index in [9.17, 15) is 4.79 Å². The van der Waals surface area contributed by atoms with Gasteiger partial charge in [-0.05, 0) is 13.0 Å². The van der Waals surface area contributed by atoms with Gasteiger partial charge in [-0.15, -0.1) is 0 Å². The molecular weight excluding hydrogens is 242 g/mol. The van der Waals surface area contributed by atoms with Gasteiger partial charge in [0.1, 0.15) is 11.5 Å². The lowest BCUT2D eigenvalue weighted by Gasteiger charge is -2.34. The molecule has 0 radical (unpaired) electrons. The van der Waals surface area contributed by atoms with Crippen LogP contribution in [0.5, 0.6) is 0 Å². The molecule has 104 valence electrons. The van der Waals surface area contributed by atoms with Crippen LogP contribution in [-0.4, -0.2) is 65.4 Å². The number of aromatic nitrogens is 2. The smallest absolute Gasteiger partial charge is 0.274 e. The lowest BCUT2D eigenvalue weighted by Crippen LogP contribution is -2.48. The molecule has 1 aliphatic heterocycles. The first kappa shape index (κ1) is 13.7. The van der Waals surface area contributed by atoms with Crippen LogP contribution in [0.25, 0.3) is 0 Å². The zero-order chi connectivity index (χ0) is 13.7. The number of nitrogens with one attached hydrogen (secondary N) is 1. The molecule has 0 saturated carbocycles. The van der Waals surface area contributed by atoms with Crippen LogP contribution < -0.4 is 5.32 Å². The quantitative estimate of drug-likeness (QED) is 0.866. The predicted molar refractivity (Wildman–Crippen MR) is 74.2 cm³/mol. The maximum absolute atomic E-state index is 12.3. The van der Waals surface area contributed by atoms with Crippen molar-refractivity contribution in [1.82, 2.24) is 19.8 Å². The number of nitrogens with zero attached hydrogens (tertiary/aromatic N) is 4. The van der Waals surface area contributed by atoms with Crippen molar-refractivity contribution in [3.63, 3.8) is 0 Å². The standard InChI is InChI=1S/C13H21N5O/c1-3-4-17-5-7-18(8-6-17)13(19)11-9-15-10-12(14-2)16-11/h9-10H,3-8H2,1-2H3,(H,14,16). The number of piperazine rings is 1. The first-order valence-corrected chi connectivity index (χ1v) is 6.76. The van der Waals surface area contributed by atoms with Crippen molar-refractivity contribution < 1.29 is 4.79 Å². The van der Waals surface area contributed by atoms with Crippen LogP contribution in [0.3, 0.4) is 0 Å². The summed E-state index contributed by atoms with van der Waals surface area (Å²) in [7, 11) is 1.77. The number of carbonyl (C=O) groups excluding carboxylic acids is 1. The minimum atomic E-state index is -0.0271. The summed E-state index contributed by atoms with van der Waals surface area (Å²) < 4.78 is 0. The van der Waals surface area contributed by atoms with Gasteiger partial charge in [0.15, 0.2) is 0 Å². The lowest BCUT2D eigenvalue weighted by atomic mass is 10.2. The molecule has 0 aliphatic carbocycles. The molecule has 0 bridgehead atoms. The van der Waals surface area contributed by atoms with Crippen molar-refractivity contribution in [2.45, 2.75) is 13.3 Å². The number of amides is 1. The Labute approximate surface area is 113 Å². The Morgan fingerprint density at radius 1 is 1.32 bits per heavy atom. The maximum atomic E-state index is 12.3. The van der Waals surface area contributed by atoms with Crippen molar-refractivity contribution in [3.05, 3.63) is 18.1 Å². The summed E-state index contributed by atoms with van der Waals surface area (Å²) in [6.45, 7) is 6.71. The molecule has 0 spiro atoms. The maximum Gasteiger partial charge on any atom is 0.274 e. The Hall–Kier alpha value is -1.69. The van der Waals surface area contributed by atoms with Crippen molar-refractivity contribution >= 4 is 11.7 Å². The fraction of sp³-hybridized carbons (Fsp3) is 0.615. The predicted octanol–water partition coefficient (Wildman–Crippen LogP) is 0.686. The van der Waals surface area contributed by atoms with E-state index in [1.54, 1.807) is 13.2 Å². The minimum absolute atomic E-state index is 0.0271. The summed E-state index contributed by atoms with van der Waals surface area (Å²) in [4.78, 5) is 24.8. The monoisotopic (exact) mass is 263 g/mol. The van der Waals surface area contributed by atoms with Gasteiger partial charge in [-0.1, -0.05) is 6.92 Å². The summed E-state index contributed by atoms with van der Waals surface area (Å²) >= 11 is 0. The zero-order valence-corrected chi connectivity index (χ0v) is 11.6. The third-order valence-corrected chi connectivity index (χ3v) is 3.31. The number of anilines is 1. The van der Waals surface area contributed by atoms with Crippen LogP contribution in [0.2, 0.25) is 0 Å². The first-order valence-electron chi connectivity index (χ1n) is 6.76. The summed E-state index contributed by atoms with van der Waals surface area (Å²) in [6.07, 6.45) is 4.29. The molecule has 1 saturated heterocycles. The second kappa shape index (κ2) is 6.47. The van der Waals surface area contributed by atoms with Crippen LogP contribution in [0, 0.1) is 0 Å². The molecule has 1 aliphatic rings. The second-order valence-electron chi connectivity index (χ2n) is 4.67.